The van der Waals surface area contributed by atoms with Crippen LogP contribution in [0.4, 0.5) is 9.80 Å². The number of nitrogens with one attached hydrogen (secondary N) is 2. The number of amides is 2. The van der Waals surface area contributed by atoms with Gasteiger partial charge < -0.3 is 10.1 Å². The summed E-state index contributed by atoms with van der Waals surface area (Å²) in [7, 11) is 0. The summed E-state index contributed by atoms with van der Waals surface area (Å²) in [5.41, 5.74) is 3.59. The number of thiophene rings is 1. The van der Waals surface area contributed by atoms with Crippen molar-refractivity contribution < 1.29 is 9.53 Å². The molecule has 21 heavy (non-hydrogen) atoms. The molecule has 0 spiro atoms. The molecule has 110 valence electrons. The average molecular weight is 302 g/mol. The highest BCUT2D eigenvalue weighted by Gasteiger charge is 2.14. The topological polar surface area (TPSA) is 50.4 Å². The first kappa shape index (κ1) is 14.1. The summed E-state index contributed by atoms with van der Waals surface area (Å²) >= 11 is 1.59. The summed E-state index contributed by atoms with van der Waals surface area (Å²) < 4.78 is 5.41. The quantitative estimate of drug-likeness (QED) is 0.912. The fourth-order valence-corrected chi connectivity index (χ4v) is 3.41. The highest BCUT2D eigenvalue weighted by molar-refractivity contribution is 7.16. The van der Waals surface area contributed by atoms with Crippen LogP contribution in [-0.4, -0.2) is 12.6 Å². The van der Waals surface area contributed by atoms with Crippen LogP contribution in [0.3, 0.4) is 0 Å². The first-order chi connectivity index (χ1) is 10.2. The number of ether oxygens (including phenoxy) is 1. The van der Waals surface area contributed by atoms with Crippen LogP contribution >= 0.6 is 11.3 Å². The maximum atomic E-state index is 11.9. The summed E-state index contributed by atoms with van der Waals surface area (Å²) in [6.45, 7) is 4.00. The zero-order chi connectivity index (χ0) is 14.7. The Morgan fingerprint density at radius 1 is 1.38 bits per heavy atom. The zero-order valence-electron chi connectivity index (χ0n) is 11.9. The molecular formula is C16H18N2O2S. The number of benzene rings is 1. The van der Waals surface area contributed by atoms with E-state index < -0.39 is 0 Å². The number of urea groups is 1. The van der Waals surface area contributed by atoms with Gasteiger partial charge >= 0.3 is 6.03 Å². The van der Waals surface area contributed by atoms with Gasteiger partial charge in [0.1, 0.15) is 0 Å². The third-order valence-electron chi connectivity index (χ3n) is 3.42. The monoisotopic (exact) mass is 302 g/mol. The average Bonchev–Trinajstić information content (AvgIpc) is 2.87. The van der Waals surface area contributed by atoms with E-state index in [1.54, 1.807) is 11.3 Å². The maximum Gasteiger partial charge on any atom is 0.320 e. The Hall–Kier alpha value is -1.85. The first-order valence-corrected chi connectivity index (χ1v) is 7.82. The lowest BCUT2D eigenvalue weighted by Crippen LogP contribution is -2.27. The molecule has 0 bridgehead atoms. The summed E-state index contributed by atoms with van der Waals surface area (Å²) in [6, 6.07) is 10.0. The smallest absolute Gasteiger partial charge is 0.320 e. The van der Waals surface area contributed by atoms with Crippen molar-refractivity contribution in [1.29, 1.82) is 0 Å². The molecule has 1 aliphatic rings. The number of rotatable bonds is 3. The molecule has 2 aromatic rings. The SMILES string of the molecule is Cc1cccc(CNC(=O)Nc2cc3c(s2)COCC3)c1. The number of aryl methyl sites for hydroxylation is 1. The predicted molar refractivity (Wildman–Crippen MR) is 84.7 cm³/mol. The van der Waals surface area contributed by atoms with Crippen molar-refractivity contribution in [3.05, 3.63) is 51.9 Å². The van der Waals surface area contributed by atoms with E-state index in [4.69, 9.17) is 4.74 Å². The molecule has 0 unspecified atom stereocenters. The van der Waals surface area contributed by atoms with Gasteiger partial charge in [-0.2, -0.15) is 0 Å². The van der Waals surface area contributed by atoms with E-state index in [-0.39, 0.29) is 6.03 Å². The second kappa shape index (κ2) is 6.28. The van der Waals surface area contributed by atoms with E-state index in [1.807, 2.05) is 25.1 Å². The molecule has 5 heteroatoms. The molecule has 2 amide bonds. The van der Waals surface area contributed by atoms with E-state index in [2.05, 4.69) is 22.8 Å². The third-order valence-corrected chi connectivity index (χ3v) is 4.48. The highest BCUT2D eigenvalue weighted by Crippen LogP contribution is 2.30. The molecule has 2 N–H and O–H groups in total. The molecule has 1 aliphatic heterocycles. The third kappa shape index (κ3) is 3.62. The van der Waals surface area contributed by atoms with Gasteiger partial charge in [-0.15, -0.1) is 11.3 Å². The Morgan fingerprint density at radius 2 is 2.29 bits per heavy atom. The van der Waals surface area contributed by atoms with Crippen LogP contribution in [0.25, 0.3) is 0 Å². The number of carbonyl (C=O) groups excluding carboxylic acids is 1. The van der Waals surface area contributed by atoms with Crippen molar-refractivity contribution in [2.45, 2.75) is 26.5 Å². The summed E-state index contributed by atoms with van der Waals surface area (Å²) in [5.74, 6) is 0. The second-order valence-electron chi connectivity index (χ2n) is 5.16. The van der Waals surface area contributed by atoms with Crippen LogP contribution in [0.1, 0.15) is 21.6 Å². The van der Waals surface area contributed by atoms with Gasteiger partial charge in [-0.25, -0.2) is 4.79 Å². The molecule has 1 aromatic carbocycles. The number of carbonyl (C=O) groups is 1. The van der Waals surface area contributed by atoms with Gasteiger partial charge in [0, 0.05) is 11.4 Å². The van der Waals surface area contributed by atoms with Crippen molar-refractivity contribution in [2.75, 3.05) is 11.9 Å². The van der Waals surface area contributed by atoms with Gasteiger partial charge in [-0.3, -0.25) is 5.32 Å². The van der Waals surface area contributed by atoms with Crippen LogP contribution in [0.5, 0.6) is 0 Å². The highest BCUT2D eigenvalue weighted by atomic mass is 32.1. The Bertz CT molecular complexity index is 628. The first-order valence-electron chi connectivity index (χ1n) is 7.00. The van der Waals surface area contributed by atoms with Crippen molar-refractivity contribution >= 4 is 22.4 Å². The lowest BCUT2D eigenvalue weighted by molar-refractivity contribution is 0.113. The summed E-state index contributed by atoms with van der Waals surface area (Å²) in [5, 5.41) is 6.66. The standard InChI is InChI=1S/C16H18N2O2S/c1-11-3-2-4-12(7-11)9-17-16(19)18-15-8-13-5-6-20-10-14(13)21-15/h2-4,7-8H,5-6,9-10H2,1H3,(H2,17,18,19). The Balaban J connectivity index is 1.55. The van der Waals surface area contributed by atoms with E-state index >= 15 is 0 Å². The Labute approximate surface area is 128 Å². The van der Waals surface area contributed by atoms with Crippen molar-refractivity contribution in [1.82, 2.24) is 5.32 Å². The van der Waals surface area contributed by atoms with E-state index in [0.29, 0.717) is 13.2 Å². The molecule has 0 saturated carbocycles. The minimum Gasteiger partial charge on any atom is -0.376 e. The molecule has 0 atom stereocenters. The fraction of sp³-hybridized carbons (Fsp3) is 0.312. The zero-order valence-corrected chi connectivity index (χ0v) is 12.8. The minimum atomic E-state index is -0.170. The number of anilines is 1. The summed E-state index contributed by atoms with van der Waals surface area (Å²) in [4.78, 5) is 13.2. The van der Waals surface area contributed by atoms with Crippen LogP contribution in [0.2, 0.25) is 0 Å². The van der Waals surface area contributed by atoms with Gasteiger partial charge in [0.05, 0.1) is 18.2 Å². The Morgan fingerprint density at radius 3 is 3.10 bits per heavy atom. The molecule has 0 radical (unpaired) electrons. The fourth-order valence-electron chi connectivity index (χ4n) is 2.37. The normalized spacial score (nSPS) is 13.6. The van der Waals surface area contributed by atoms with E-state index in [1.165, 1.54) is 16.0 Å². The Kier molecular flexibility index (Phi) is 4.22. The number of hydrogen-bond acceptors (Lipinski definition) is 3. The molecular weight excluding hydrogens is 284 g/mol. The lowest BCUT2D eigenvalue weighted by atomic mass is 10.1. The van der Waals surface area contributed by atoms with Gasteiger partial charge in [-0.1, -0.05) is 29.8 Å². The molecule has 2 heterocycles. The largest absolute Gasteiger partial charge is 0.376 e. The molecule has 0 aliphatic carbocycles. The van der Waals surface area contributed by atoms with Crippen LogP contribution < -0.4 is 10.6 Å². The second-order valence-corrected chi connectivity index (χ2v) is 6.30. The van der Waals surface area contributed by atoms with Crippen LogP contribution in [0, 0.1) is 6.92 Å². The van der Waals surface area contributed by atoms with Crippen molar-refractivity contribution in [3.8, 4) is 0 Å². The van der Waals surface area contributed by atoms with E-state index in [9.17, 15) is 4.79 Å². The molecule has 0 saturated heterocycles. The van der Waals surface area contributed by atoms with E-state index in [0.717, 1.165) is 23.6 Å². The molecule has 0 fully saturated rings. The summed E-state index contributed by atoms with van der Waals surface area (Å²) in [6.07, 6.45) is 0.929. The maximum absolute atomic E-state index is 11.9. The lowest BCUT2D eigenvalue weighted by Gasteiger charge is -2.10. The molecule has 4 nitrogen and oxygen atoms in total. The van der Waals surface area contributed by atoms with Crippen LogP contribution in [-0.2, 0) is 24.3 Å². The van der Waals surface area contributed by atoms with Gasteiger partial charge in [-0.05, 0) is 30.5 Å². The number of fused-ring (bicyclic) bond motifs is 1. The molecule has 3 rings (SSSR count). The molecule has 1 aromatic heterocycles. The van der Waals surface area contributed by atoms with Gasteiger partial charge in [0.2, 0.25) is 0 Å². The van der Waals surface area contributed by atoms with Gasteiger partial charge in [0.15, 0.2) is 0 Å². The van der Waals surface area contributed by atoms with Crippen molar-refractivity contribution in [2.24, 2.45) is 0 Å². The van der Waals surface area contributed by atoms with Crippen molar-refractivity contribution in [3.63, 3.8) is 0 Å². The minimum absolute atomic E-state index is 0.170. The predicted octanol–water partition coefficient (Wildman–Crippen LogP) is 3.45. The number of hydrogen-bond donors (Lipinski definition) is 2. The van der Waals surface area contributed by atoms with Crippen LogP contribution in [0.15, 0.2) is 30.3 Å². The van der Waals surface area contributed by atoms with Gasteiger partial charge in [0.25, 0.3) is 0 Å².